The normalized spacial score (nSPS) is 17.9. The lowest BCUT2D eigenvalue weighted by molar-refractivity contribution is 0.415. The minimum atomic E-state index is 0.483. The first-order valence-electron chi connectivity index (χ1n) is 5.92. The maximum absolute atomic E-state index is 5.30. The van der Waals surface area contributed by atoms with Crippen LogP contribution in [0, 0.1) is 6.92 Å². The lowest BCUT2D eigenvalue weighted by Gasteiger charge is -2.08. The van der Waals surface area contributed by atoms with Crippen molar-refractivity contribution in [3.8, 4) is 5.75 Å². The highest BCUT2D eigenvalue weighted by Crippen LogP contribution is 2.31. The van der Waals surface area contributed by atoms with Crippen LogP contribution in [0.2, 0.25) is 0 Å². The fourth-order valence-corrected chi connectivity index (χ4v) is 2.49. The average Bonchev–Trinajstić information content (AvgIpc) is 2.65. The van der Waals surface area contributed by atoms with Crippen molar-refractivity contribution in [2.45, 2.75) is 26.3 Å². The number of hydrogen-bond donors (Lipinski definition) is 1. The van der Waals surface area contributed by atoms with E-state index in [2.05, 4.69) is 31.3 Å². The summed E-state index contributed by atoms with van der Waals surface area (Å²) in [5.74, 6) is 1.94. The highest BCUT2D eigenvalue weighted by molar-refractivity contribution is 5.86. The van der Waals surface area contributed by atoms with Crippen molar-refractivity contribution in [1.29, 1.82) is 0 Å². The maximum Gasteiger partial charge on any atom is 0.130 e. The van der Waals surface area contributed by atoms with Gasteiger partial charge in [0.1, 0.15) is 11.6 Å². The Balaban J connectivity index is 2.25. The number of rotatable bonds is 1. The number of hydrogen-bond acceptors (Lipinski definition) is 3. The van der Waals surface area contributed by atoms with Crippen LogP contribution in [-0.4, -0.2) is 18.1 Å². The second-order valence-corrected chi connectivity index (χ2v) is 4.76. The predicted octanol–water partition coefficient (Wildman–Crippen LogP) is 2.91. The van der Waals surface area contributed by atoms with Crippen LogP contribution in [0.5, 0.6) is 5.75 Å². The summed E-state index contributed by atoms with van der Waals surface area (Å²) in [5, 5.41) is 4.57. The summed E-state index contributed by atoms with van der Waals surface area (Å²) in [7, 11) is 1.70. The van der Waals surface area contributed by atoms with E-state index in [1.807, 2.05) is 6.07 Å². The minimum Gasteiger partial charge on any atom is -0.497 e. The molecule has 0 spiro atoms. The van der Waals surface area contributed by atoms with E-state index in [9.17, 15) is 0 Å². The molecular formula is C14H16N2O. The molecule has 1 aliphatic heterocycles. The zero-order valence-corrected chi connectivity index (χ0v) is 10.4. The molecular weight excluding hydrogens is 212 g/mol. The van der Waals surface area contributed by atoms with Crippen LogP contribution in [-0.2, 0) is 6.42 Å². The first kappa shape index (κ1) is 10.4. The molecule has 0 bridgehead atoms. The van der Waals surface area contributed by atoms with Crippen LogP contribution < -0.4 is 10.1 Å². The number of benzene rings is 1. The zero-order valence-electron chi connectivity index (χ0n) is 10.4. The molecule has 1 aromatic heterocycles. The van der Waals surface area contributed by atoms with Crippen molar-refractivity contribution in [3.63, 3.8) is 0 Å². The molecule has 1 aromatic carbocycles. The molecule has 0 aliphatic carbocycles. The molecule has 3 nitrogen and oxygen atoms in total. The average molecular weight is 228 g/mol. The van der Waals surface area contributed by atoms with Gasteiger partial charge >= 0.3 is 0 Å². The molecule has 2 aromatic rings. The van der Waals surface area contributed by atoms with Gasteiger partial charge < -0.3 is 10.1 Å². The number of ether oxygens (including phenoxy) is 1. The molecule has 2 heterocycles. The number of anilines is 1. The summed E-state index contributed by atoms with van der Waals surface area (Å²) in [6.45, 7) is 4.25. The Bertz CT molecular complexity index is 592. The second kappa shape index (κ2) is 3.62. The number of aryl methyl sites for hydroxylation is 1. The molecule has 0 radical (unpaired) electrons. The number of pyridine rings is 1. The zero-order chi connectivity index (χ0) is 12.0. The first-order valence-corrected chi connectivity index (χ1v) is 5.92. The Morgan fingerprint density at radius 2 is 2.18 bits per heavy atom. The molecule has 0 saturated carbocycles. The highest BCUT2D eigenvalue weighted by Gasteiger charge is 2.19. The largest absolute Gasteiger partial charge is 0.497 e. The Hall–Kier alpha value is -1.77. The molecule has 17 heavy (non-hydrogen) atoms. The SMILES string of the molecule is COc1cc(C)c2nc3c(cc2c1)CC(C)N3. The van der Waals surface area contributed by atoms with Crippen LogP contribution in [0.1, 0.15) is 18.1 Å². The monoisotopic (exact) mass is 228 g/mol. The van der Waals surface area contributed by atoms with Gasteiger partial charge in [-0.15, -0.1) is 0 Å². The van der Waals surface area contributed by atoms with Gasteiger partial charge in [0.15, 0.2) is 0 Å². The van der Waals surface area contributed by atoms with E-state index in [0.29, 0.717) is 6.04 Å². The third-order valence-corrected chi connectivity index (χ3v) is 3.31. The van der Waals surface area contributed by atoms with E-state index >= 15 is 0 Å². The maximum atomic E-state index is 5.30. The summed E-state index contributed by atoms with van der Waals surface area (Å²) in [6.07, 6.45) is 1.05. The Morgan fingerprint density at radius 1 is 1.35 bits per heavy atom. The highest BCUT2D eigenvalue weighted by atomic mass is 16.5. The Morgan fingerprint density at radius 3 is 2.94 bits per heavy atom. The van der Waals surface area contributed by atoms with Gasteiger partial charge in [0.25, 0.3) is 0 Å². The predicted molar refractivity (Wildman–Crippen MR) is 69.8 cm³/mol. The van der Waals surface area contributed by atoms with Gasteiger partial charge in [-0.3, -0.25) is 0 Å². The van der Waals surface area contributed by atoms with E-state index in [-0.39, 0.29) is 0 Å². The van der Waals surface area contributed by atoms with E-state index in [1.54, 1.807) is 7.11 Å². The number of nitrogens with one attached hydrogen (secondary N) is 1. The Labute approximate surface area is 101 Å². The lowest BCUT2D eigenvalue weighted by atomic mass is 10.1. The molecule has 1 aliphatic rings. The van der Waals surface area contributed by atoms with E-state index < -0.39 is 0 Å². The topological polar surface area (TPSA) is 34.1 Å². The van der Waals surface area contributed by atoms with E-state index in [4.69, 9.17) is 9.72 Å². The molecule has 0 saturated heterocycles. The molecule has 1 atom stereocenters. The van der Waals surface area contributed by atoms with Crippen LogP contribution in [0.3, 0.4) is 0 Å². The number of aromatic nitrogens is 1. The van der Waals surface area contributed by atoms with Crippen LogP contribution in [0.25, 0.3) is 10.9 Å². The van der Waals surface area contributed by atoms with Gasteiger partial charge in [0.05, 0.1) is 12.6 Å². The van der Waals surface area contributed by atoms with Gasteiger partial charge in [-0.05, 0) is 49.6 Å². The molecule has 0 amide bonds. The van der Waals surface area contributed by atoms with Crippen LogP contribution in [0.15, 0.2) is 18.2 Å². The molecule has 3 rings (SSSR count). The molecule has 0 fully saturated rings. The van der Waals surface area contributed by atoms with Crippen molar-refractivity contribution >= 4 is 16.7 Å². The molecule has 1 unspecified atom stereocenters. The van der Waals surface area contributed by atoms with E-state index in [1.165, 1.54) is 5.56 Å². The molecule has 88 valence electrons. The van der Waals surface area contributed by atoms with Gasteiger partial charge in [0.2, 0.25) is 0 Å². The van der Waals surface area contributed by atoms with Gasteiger partial charge in [-0.2, -0.15) is 0 Å². The summed E-state index contributed by atoms with van der Waals surface area (Å²) in [6, 6.07) is 6.79. The summed E-state index contributed by atoms with van der Waals surface area (Å²) >= 11 is 0. The smallest absolute Gasteiger partial charge is 0.130 e. The molecule has 1 N–H and O–H groups in total. The second-order valence-electron chi connectivity index (χ2n) is 4.76. The number of fused-ring (bicyclic) bond motifs is 2. The standard InChI is InChI=1S/C14H16N2O/c1-8-4-12(17-3)7-10-6-11-5-9(2)15-14(11)16-13(8)10/h4,6-7,9H,5H2,1-3H3,(H,15,16). The van der Waals surface area contributed by atoms with Gasteiger partial charge in [0, 0.05) is 11.4 Å². The number of methoxy groups -OCH3 is 1. The van der Waals surface area contributed by atoms with Crippen molar-refractivity contribution in [2.75, 3.05) is 12.4 Å². The molecule has 3 heteroatoms. The fourth-order valence-electron chi connectivity index (χ4n) is 2.49. The summed E-state index contributed by atoms with van der Waals surface area (Å²) in [4.78, 5) is 4.71. The van der Waals surface area contributed by atoms with Crippen LogP contribution >= 0.6 is 0 Å². The van der Waals surface area contributed by atoms with E-state index in [0.717, 1.165) is 34.5 Å². The minimum absolute atomic E-state index is 0.483. The number of nitrogens with zero attached hydrogens (tertiary/aromatic N) is 1. The van der Waals surface area contributed by atoms with Crippen molar-refractivity contribution in [1.82, 2.24) is 4.98 Å². The third kappa shape index (κ3) is 1.62. The quantitative estimate of drug-likeness (QED) is 0.815. The van der Waals surface area contributed by atoms with Gasteiger partial charge in [-0.1, -0.05) is 0 Å². The summed E-state index contributed by atoms with van der Waals surface area (Å²) in [5.41, 5.74) is 3.52. The lowest BCUT2D eigenvalue weighted by Crippen LogP contribution is -2.08. The third-order valence-electron chi connectivity index (χ3n) is 3.31. The van der Waals surface area contributed by atoms with Gasteiger partial charge in [-0.25, -0.2) is 4.98 Å². The van der Waals surface area contributed by atoms with Crippen molar-refractivity contribution in [3.05, 3.63) is 29.3 Å². The van der Waals surface area contributed by atoms with Crippen molar-refractivity contribution in [2.24, 2.45) is 0 Å². The fraction of sp³-hybridized carbons (Fsp3) is 0.357. The first-order chi connectivity index (χ1) is 8.17. The van der Waals surface area contributed by atoms with Crippen LogP contribution in [0.4, 0.5) is 5.82 Å². The summed E-state index contributed by atoms with van der Waals surface area (Å²) < 4.78 is 5.30. The Kier molecular flexibility index (Phi) is 2.21. The van der Waals surface area contributed by atoms with Crippen molar-refractivity contribution < 1.29 is 4.74 Å².